The van der Waals surface area contributed by atoms with Gasteiger partial charge in [0.25, 0.3) is 0 Å². The highest BCUT2D eigenvalue weighted by molar-refractivity contribution is 5.81. The van der Waals surface area contributed by atoms with Crippen LogP contribution in [0.1, 0.15) is 77.5 Å². The van der Waals surface area contributed by atoms with E-state index in [4.69, 9.17) is 9.72 Å². The number of carbonyl (C=O) groups is 2. The van der Waals surface area contributed by atoms with Crippen molar-refractivity contribution in [3.8, 4) is 28.3 Å². The molecule has 0 fully saturated rings. The van der Waals surface area contributed by atoms with E-state index in [2.05, 4.69) is 75.5 Å². The molecule has 262 valence electrons. The molecule has 49 heavy (non-hydrogen) atoms. The monoisotopic (exact) mass is 668 g/mol. The van der Waals surface area contributed by atoms with E-state index in [-0.39, 0.29) is 23.3 Å². The molecular formula is C38H52N8O3. The number of rotatable bonds is 21. The second kappa shape index (κ2) is 19.4. The molecule has 0 saturated carbocycles. The minimum absolute atomic E-state index is 0.0112. The Morgan fingerprint density at radius 1 is 0.857 bits per heavy atom. The van der Waals surface area contributed by atoms with E-state index in [0.717, 1.165) is 79.6 Å². The summed E-state index contributed by atoms with van der Waals surface area (Å²) in [5.41, 5.74) is 3.92. The number of likely N-dealkylation sites (N-methyl/N-ethyl adjacent to an activating group) is 2. The van der Waals surface area contributed by atoms with Gasteiger partial charge in [0.15, 0.2) is 5.82 Å². The van der Waals surface area contributed by atoms with Gasteiger partial charge in [-0.15, -0.1) is 10.2 Å². The van der Waals surface area contributed by atoms with Gasteiger partial charge >= 0.3 is 0 Å². The van der Waals surface area contributed by atoms with Gasteiger partial charge in [-0.25, -0.2) is 4.98 Å². The first kappa shape index (κ1) is 37.2. The van der Waals surface area contributed by atoms with Crippen molar-refractivity contribution in [1.29, 1.82) is 0 Å². The summed E-state index contributed by atoms with van der Waals surface area (Å²) >= 11 is 0. The van der Waals surface area contributed by atoms with E-state index in [9.17, 15) is 9.59 Å². The van der Waals surface area contributed by atoms with Crippen LogP contribution in [0.25, 0.3) is 22.4 Å². The first-order valence-electron chi connectivity index (χ1n) is 17.5. The molecule has 11 heteroatoms. The maximum absolute atomic E-state index is 12.2. The summed E-state index contributed by atoms with van der Waals surface area (Å²) in [6.07, 6.45) is 7.18. The molecule has 4 rings (SSSR count). The van der Waals surface area contributed by atoms with Gasteiger partial charge in [-0.1, -0.05) is 74.5 Å². The van der Waals surface area contributed by atoms with Crippen molar-refractivity contribution in [2.45, 2.75) is 89.6 Å². The fourth-order valence-corrected chi connectivity index (χ4v) is 5.61. The minimum Gasteiger partial charge on any atom is -0.478 e. The average Bonchev–Trinajstić information content (AvgIpc) is 3.62. The third-order valence-corrected chi connectivity index (χ3v) is 8.65. The van der Waals surface area contributed by atoms with E-state index >= 15 is 0 Å². The molecule has 1 atom stereocenters. The molecule has 2 heterocycles. The molecule has 0 radical (unpaired) electrons. The summed E-state index contributed by atoms with van der Waals surface area (Å²) in [5, 5.41) is 21.9. The number of hydrogen-bond acceptors (Lipinski definition) is 8. The van der Waals surface area contributed by atoms with Crippen LogP contribution in [0, 0.1) is 0 Å². The van der Waals surface area contributed by atoms with Gasteiger partial charge in [-0.05, 0) is 80.8 Å². The maximum Gasteiger partial charge on any atom is 0.236 e. The molecule has 0 saturated heterocycles. The lowest BCUT2D eigenvalue weighted by Gasteiger charge is -2.20. The molecule has 0 aliphatic heterocycles. The van der Waals surface area contributed by atoms with E-state index in [1.807, 2.05) is 42.5 Å². The number of tetrazole rings is 1. The Hall–Kier alpha value is -4.64. The summed E-state index contributed by atoms with van der Waals surface area (Å²) < 4.78 is 6.18. The fraction of sp³-hybridized carbons (Fsp3) is 0.474. The fourth-order valence-electron chi connectivity index (χ4n) is 5.61. The molecule has 0 aliphatic carbocycles. The summed E-state index contributed by atoms with van der Waals surface area (Å²) in [5.74, 6) is 1.39. The van der Waals surface area contributed by atoms with Gasteiger partial charge in [0.1, 0.15) is 0 Å². The number of nitrogens with one attached hydrogen (secondary N) is 3. The summed E-state index contributed by atoms with van der Waals surface area (Å²) in [6, 6.07) is 24.4. The normalized spacial score (nSPS) is 12.0. The second-order valence-electron chi connectivity index (χ2n) is 13.0. The van der Waals surface area contributed by atoms with E-state index in [1.54, 1.807) is 18.9 Å². The third kappa shape index (κ3) is 12.1. The maximum atomic E-state index is 12.2. The van der Waals surface area contributed by atoms with Crippen LogP contribution < -0.4 is 20.7 Å². The molecule has 0 bridgehead atoms. The van der Waals surface area contributed by atoms with E-state index < -0.39 is 0 Å². The lowest BCUT2D eigenvalue weighted by Crippen LogP contribution is -2.41. The van der Waals surface area contributed by atoms with Gasteiger partial charge < -0.3 is 20.7 Å². The molecule has 11 nitrogen and oxygen atoms in total. The zero-order chi connectivity index (χ0) is 34.9. The van der Waals surface area contributed by atoms with Crippen molar-refractivity contribution in [1.82, 2.24) is 41.1 Å². The topological polar surface area (TPSA) is 136 Å². The zero-order valence-corrected chi connectivity index (χ0v) is 29.5. The van der Waals surface area contributed by atoms with Gasteiger partial charge in [0.2, 0.25) is 17.7 Å². The number of aryl methyl sites for hydroxylation is 1. The number of amides is 2. The van der Waals surface area contributed by atoms with Crippen LogP contribution in [0.4, 0.5) is 0 Å². The van der Waals surface area contributed by atoms with Crippen LogP contribution in [-0.4, -0.2) is 70.3 Å². The van der Waals surface area contributed by atoms with Gasteiger partial charge in [0.05, 0.1) is 24.9 Å². The van der Waals surface area contributed by atoms with E-state index in [0.29, 0.717) is 32.0 Å². The minimum atomic E-state index is -0.225. The first-order chi connectivity index (χ1) is 23.8. The Balaban J connectivity index is 1.15. The molecule has 1 unspecified atom stereocenters. The van der Waals surface area contributed by atoms with Gasteiger partial charge in [-0.2, -0.15) is 4.80 Å². The number of aromatic nitrogens is 5. The zero-order valence-electron chi connectivity index (χ0n) is 29.5. The highest BCUT2D eigenvalue weighted by Crippen LogP contribution is 2.29. The lowest BCUT2D eigenvalue weighted by molar-refractivity contribution is -0.123. The summed E-state index contributed by atoms with van der Waals surface area (Å²) in [7, 11) is 3.42. The predicted molar refractivity (Wildman–Crippen MR) is 193 cm³/mol. The second-order valence-corrected chi connectivity index (χ2v) is 13.0. The number of carbonyl (C=O) groups excluding carboxylic acids is 2. The largest absolute Gasteiger partial charge is 0.478 e. The summed E-state index contributed by atoms with van der Waals surface area (Å²) in [6.45, 7) is 6.10. The summed E-state index contributed by atoms with van der Waals surface area (Å²) in [4.78, 5) is 30.4. The van der Waals surface area contributed by atoms with Crippen LogP contribution >= 0.6 is 0 Å². The lowest BCUT2D eigenvalue weighted by atomic mass is 9.86. The Kier molecular flexibility index (Phi) is 14.7. The molecule has 4 aromatic rings. The van der Waals surface area contributed by atoms with Crippen molar-refractivity contribution in [3.05, 3.63) is 78.6 Å². The number of unbranched alkanes of at least 4 members (excludes halogenated alkanes) is 3. The van der Waals surface area contributed by atoms with Crippen LogP contribution in [0.3, 0.4) is 0 Å². The van der Waals surface area contributed by atoms with Crippen LogP contribution in [-0.2, 0) is 21.5 Å². The molecular weight excluding hydrogens is 616 g/mol. The van der Waals surface area contributed by atoms with Crippen molar-refractivity contribution in [2.75, 3.05) is 27.2 Å². The van der Waals surface area contributed by atoms with Crippen LogP contribution in [0.2, 0.25) is 0 Å². The third-order valence-electron chi connectivity index (χ3n) is 8.65. The number of benzene rings is 2. The molecule has 3 N–H and O–H groups in total. The number of pyridine rings is 1. The Morgan fingerprint density at radius 2 is 1.59 bits per heavy atom. The Bertz CT molecular complexity index is 1520. The Labute approximate surface area is 290 Å². The van der Waals surface area contributed by atoms with E-state index in [1.165, 1.54) is 0 Å². The quantitative estimate of drug-likeness (QED) is 0.0960. The van der Waals surface area contributed by atoms with Crippen LogP contribution in [0.5, 0.6) is 5.88 Å². The van der Waals surface area contributed by atoms with Gasteiger partial charge in [-0.3, -0.25) is 9.59 Å². The highest BCUT2D eigenvalue weighted by atomic mass is 16.5. The standard InChI is InChI=1S/C38H52N8O3/c1-38(2,37-43-45-46(44-37)25-15-12-22-34(47)41-24-14-11-21-32(39-3)36(48)40-4)23-13-16-26-49-35-28-31(29-17-7-5-8-18-29)27-33(42-35)30-19-9-6-10-20-30/h5-10,17-20,27-28,32,39H,11-16,21-26H2,1-4H3,(H,40,48)(H,41,47). The Morgan fingerprint density at radius 3 is 2.31 bits per heavy atom. The number of nitrogens with zero attached hydrogens (tertiary/aromatic N) is 5. The highest BCUT2D eigenvalue weighted by Gasteiger charge is 2.25. The van der Waals surface area contributed by atoms with Gasteiger partial charge in [0, 0.05) is 37.1 Å². The molecule has 0 aliphatic rings. The first-order valence-corrected chi connectivity index (χ1v) is 17.5. The van der Waals surface area contributed by atoms with Crippen molar-refractivity contribution < 1.29 is 14.3 Å². The molecule has 2 amide bonds. The average molecular weight is 669 g/mol. The predicted octanol–water partition coefficient (Wildman–Crippen LogP) is 5.72. The molecule has 0 spiro atoms. The SMILES string of the molecule is CNC(=O)C(CCCCNC(=O)CCCCn1nnc(C(C)(C)CCCCOc2cc(-c3ccccc3)cc(-c3ccccc3)n2)n1)NC. The molecule has 2 aromatic carbocycles. The van der Waals surface area contributed by atoms with Crippen molar-refractivity contribution in [3.63, 3.8) is 0 Å². The van der Waals surface area contributed by atoms with Crippen molar-refractivity contribution >= 4 is 11.8 Å². The number of hydrogen-bond donors (Lipinski definition) is 3. The molecule has 2 aromatic heterocycles. The van der Waals surface area contributed by atoms with Crippen molar-refractivity contribution in [2.24, 2.45) is 0 Å². The number of ether oxygens (including phenoxy) is 1. The van der Waals surface area contributed by atoms with Crippen LogP contribution in [0.15, 0.2) is 72.8 Å². The smallest absolute Gasteiger partial charge is 0.236 e.